The molecular weight excluding hydrogens is 323 g/mol. The molecule has 1 atom stereocenters. The van der Waals surface area contributed by atoms with Gasteiger partial charge in [-0.15, -0.1) is 0 Å². The van der Waals surface area contributed by atoms with Gasteiger partial charge in [-0.2, -0.15) is 5.10 Å². The highest BCUT2D eigenvalue weighted by Gasteiger charge is 2.33. The molecule has 2 N–H and O–H groups in total. The predicted octanol–water partition coefficient (Wildman–Crippen LogP) is 2.99. The summed E-state index contributed by atoms with van der Waals surface area (Å²) in [5.74, 6) is -0.467. The number of fused-ring (bicyclic) bond motifs is 3. The first kappa shape index (κ1) is 15.8. The molecule has 6 nitrogen and oxygen atoms in total. The van der Waals surface area contributed by atoms with Crippen molar-refractivity contribution in [3.63, 3.8) is 0 Å². The van der Waals surface area contributed by atoms with E-state index in [1.54, 1.807) is 24.1 Å². The van der Waals surface area contributed by atoms with Gasteiger partial charge in [0.15, 0.2) is 0 Å². The van der Waals surface area contributed by atoms with E-state index in [-0.39, 0.29) is 17.8 Å². The van der Waals surface area contributed by atoms with Crippen LogP contribution in [0.15, 0.2) is 18.2 Å². The van der Waals surface area contributed by atoms with Crippen molar-refractivity contribution >= 4 is 16.8 Å². The number of carbonyl (C=O) groups excluding carboxylic acids is 1. The molecule has 4 rings (SSSR count). The minimum absolute atomic E-state index is 0.166. The van der Waals surface area contributed by atoms with Crippen LogP contribution in [0.2, 0.25) is 0 Å². The number of hydrogen-bond donors (Lipinski definition) is 2. The summed E-state index contributed by atoms with van der Waals surface area (Å²) in [6, 6.07) is 4.93. The van der Waals surface area contributed by atoms with Gasteiger partial charge in [-0.05, 0) is 31.5 Å². The van der Waals surface area contributed by atoms with Crippen LogP contribution in [0.4, 0.5) is 4.39 Å². The first-order valence-electron chi connectivity index (χ1n) is 8.13. The van der Waals surface area contributed by atoms with Crippen molar-refractivity contribution in [2.24, 2.45) is 0 Å². The molecule has 1 aromatic carbocycles. The maximum absolute atomic E-state index is 14.2. The first-order chi connectivity index (χ1) is 12.0. The topological polar surface area (TPSA) is 74.0 Å². The number of H-pyrrole nitrogens is 2. The van der Waals surface area contributed by atoms with E-state index in [1.807, 2.05) is 13.8 Å². The standard InChI is InChI=1S/C18H19FN4O2/c1-9-4-5-12(19)17-15(9)11-7-23(8-14(25-3)16(11)20-17)18(24)13-6-10(2)21-22-13/h4-6,14,20H,7-8H2,1-3H3,(H,21,22). The third-order valence-corrected chi connectivity index (χ3v) is 4.80. The van der Waals surface area contributed by atoms with Gasteiger partial charge >= 0.3 is 0 Å². The normalized spacial score (nSPS) is 17.1. The number of amides is 1. The molecule has 1 aliphatic heterocycles. The number of benzene rings is 1. The number of hydrogen-bond acceptors (Lipinski definition) is 3. The Morgan fingerprint density at radius 2 is 2.20 bits per heavy atom. The van der Waals surface area contributed by atoms with Crippen molar-refractivity contribution in [3.8, 4) is 0 Å². The Balaban J connectivity index is 1.81. The van der Waals surface area contributed by atoms with Gasteiger partial charge in [0.05, 0.1) is 17.8 Å². The highest BCUT2D eigenvalue weighted by Crippen LogP contribution is 2.36. The van der Waals surface area contributed by atoms with Gasteiger partial charge in [0.25, 0.3) is 5.91 Å². The predicted molar refractivity (Wildman–Crippen MR) is 90.8 cm³/mol. The van der Waals surface area contributed by atoms with E-state index in [0.29, 0.717) is 24.3 Å². The number of nitrogens with zero attached hydrogens (tertiary/aromatic N) is 2. The number of methoxy groups -OCH3 is 1. The number of nitrogens with one attached hydrogen (secondary N) is 2. The first-order valence-corrected chi connectivity index (χ1v) is 8.13. The maximum Gasteiger partial charge on any atom is 0.274 e. The Labute approximate surface area is 144 Å². The molecule has 130 valence electrons. The van der Waals surface area contributed by atoms with E-state index >= 15 is 0 Å². The van der Waals surface area contributed by atoms with E-state index in [2.05, 4.69) is 15.2 Å². The second-order valence-electron chi connectivity index (χ2n) is 6.48. The van der Waals surface area contributed by atoms with Gasteiger partial charge in [0.2, 0.25) is 0 Å². The minimum atomic E-state index is -0.334. The van der Waals surface area contributed by atoms with E-state index in [0.717, 1.165) is 27.9 Å². The summed E-state index contributed by atoms with van der Waals surface area (Å²) < 4.78 is 19.8. The fraction of sp³-hybridized carbons (Fsp3) is 0.333. The van der Waals surface area contributed by atoms with E-state index < -0.39 is 0 Å². The van der Waals surface area contributed by atoms with Crippen molar-refractivity contribution < 1.29 is 13.9 Å². The van der Waals surface area contributed by atoms with Gasteiger partial charge < -0.3 is 14.6 Å². The summed E-state index contributed by atoms with van der Waals surface area (Å²) in [6.45, 7) is 4.57. The number of aromatic nitrogens is 3. The molecule has 0 saturated heterocycles. The van der Waals surface area contributed by atoms with Crippen molar-refractivity contribution in [1.29, 1.82) is 0 Å². The number of halogens is 1. The number of aryl methyl sites for hydroxylation is 2. The number of aromatic amines is 2. The molecule has 7 heteroatoms. The van der Waals surface area contributed by atoms with Crippen molar-refractivity contribution in [3.05, 3.63) is 52.2 Å². The van der Waals surface area contributed by atoms with Gasteiger partial charge in [-0.1, -0.05) is 6.07 Å². The molecule has 0 aliphatic carbocycles. The molecule has 3 aromatic rings. The van der Waals surface area contributed by atoms with Gasteiger partial charge in [-0.3, -0.25) is 9.89 Å². The molecule has 0 spiro atoms. The van der Waals surface area contributed by atoms with Gasteiger partial charge in [-0.25, -0.2) is 4.39 Å². The molecule has 1 amide bonds. The molecule has 2 aromatic heterocycles. The molecule has 3 heterocycles. The quantitative estimate of drug-likeness (QED) is 0.752. The van der Waals surface area contributed by atoms with Crippen molar-refractivity contribution in [1.82, 2.24) is 20.1 Å². The van der Waals surface area contributed by atoms with Crippen molar-refractivity contribution in [2.75, 3.05) is 13.7 Å². The zero-order valence-electron chi connectivity index (χ0n) is 14.3. The lowest BCUT2D eigenvalue weighted by Gasteiger charge is -2.32. The molecule has 0 saturated carbocycles. The Morgan fingerprint density at radius 1 is 1.40 bits per heavy atom. The van der Waals surface area contributed by atoms with E-state index in [9.17, 15) is 9.18 Å². The summed E-state index contributed by atoms with van der Waals surface area (Å²) in [5, 5.41) is 7.67. The second-order valence-corrected chi connectivity index (χ2v) is 6.48. The number of carbonyl (C=O) groups is 1. The molecular formula is C18H19FN4O2. The Kier molecular flexibility index (Phi) is 3.61. The lowest BCUT2D eigenvalue weighted by molar-refractivity contribution is 0.0362. The van der Waals surface area contributed by atoms with Crippen LogP contribution in [0.3, 0.4) is 0 Å². The Morgan fingerprint density at radius 3 is 2.88 bits per heavy atom. The lowest BCUT2D eigenvalue weighted by Crippen LogP contribution is -2.38. The van der Waals surface area contributed by atoms with Crippen LogP contribution in [0.25, 0.3) is 10.9 Å². The van der Waals surface area contributed by atoms with E-state index in [1.165, 1.54) is 6.07 Å². The minimum Gasteiger partial charge on any atom is -0.373 e. The smallest absolute Gasteiger partial charge is 0.274 e. The third-order valence-electron chi connectivity index (χ3n) is 4.80. The third kappa shape index (κ3) is 2.42. The molecule has 1 aliphatic rings. The number of rotatable bonds is 2. The summed E-state index contributed by atoms with van der Waals surface area (Å²) in [6.07, 6.45) is -0.334. The van der Waals surface area contributed by atoms with Crippen LogP contribution < -0.4 is 0 Å². The van der Waals surface area contributed by atoms with Crippen LogP contribution >= 0.6 is 0 Å². The van der Waals surface area contributed by atoms with Crippen LogP contribution in [0.1, 0.15) is 39.1 Å². The average Bonchev–Trinajstić information content (AvgIpc) is 3.21. The average molecular weight is 342 g/mol. The SMILES string of the molecule is COC1CN(C(=O)c2cc(C)[nH]n2)Cc2c1[nH]c1c(F)ccc(C)c21. The largest absolute Gasteiger partial charge is 0.373 e. The molecule has 25 heavy (non-hydrogen) atoms. The maximum atomic E-state index is 14.2. The highest BCUT2D eigenvalue weighted by atomic mass is 19.1. The molecule has 0 radical (unpaired) electrons. The summed E-state index contributed by atoms with van der Waals surface area (Å²) in [7, 11) is 1.59. The van der Waals surface area contributed by atoms with E-state index in [4.69, 9.17) is 4.74 Å². The van der Waals surface area contributed by atoms with Crippen LogP contribution in [-0.4, -0.2) is 39.6 Å². The number of ether oxygens (including phenoxy) is 1. The lowest BCUT2D eigenvalue weighted by atomic mass is 9.99. The highest BCUT2D eigenvalue weighted by molar-refractivity contribution is 5.94. The Hall–Kier alpha value is -2.67. The Bertz CT molecular complexity index is 975. The fourth-order valence-corrected chi connectivity index (χ4v) is 3.56. The van der Waals surface area contributed by atoms with Gasteiger partial charge in [0, 0.05) is 30.3 Å². The van der Waals surface area contributed by atoms with Crippen LogP contribution in [0.5, 0.6) is 0 Å². The molecule has 0 bridgehead atoms. The summed E-state index contributed by atoms with van der Waals surface area (Å²) >= 11 is 0. The molecule has 0 fully saturated rings. The zero-order chi connectivity index (χ0) is 17.7. The zero-order valence-corrected chi connectivity index (χ0v) is 14.3. The fourth-order valence-electron chi connectivity index (χ4n) is 3.56. The van der Waals surface area contributed by atoms with Crippen molar-refractivity contribution in [2.45, 2.75) is 26.5 Å². The summed E-state index contributed by atoms with van der Waals surface area (Å²) in [5.41, 5.74) is 4.39. The molecule has 1 unspecified atom stereocenters. The summed E-state index contributed by atoms with van der Waals surface area (Å²) in [4.78, 5) is 17.7. The second kappa shape index (κ2) is 5.70. The van der Waals surface area contributed by atoms with Gasteiger partial charge in [0.1, 0.15) is 17.6 Å². The van der Waals surface area contributed by atoms with Crippen LogP contribution in [-0.2, 0) is 11.3 Å². The monoisotopic (exact) mass is 342 g/mol. The van der Waals surface area contributed by atoms with Crippen LogP contribution in [0, 0.1) is 19.7 Å².